The third-order valence-electron chi connectivity index (χ3n) is 4.15. The molecule has 0 aliphatic carbocycles. The number of piperidine rings is 1. The minimum atomic E-state index is 0.335. The number of hydrogen-bond donors (Lipinski definition) is 3. The second-order valence-corrected chi connectivity index (χ2v) is 6.11. The molecule has 6 nitrogen and oxygen atoms in total. The number of nitrogen functional groups attached to an aromatic ring is 1. The number of anilines is 3. The molecule has 3 rings (SSSR count). The largest absolute Gasteiger partial charge is 0.368 e. The van der Waals surface area contributed by atoms with Gasteiger partial charge in [0.15, 0.2) is 0 Å². The monoisotopic (exact) mass is 276 g/mol. The van der Waals surface area contributed by atoms with Crippen LogP contribution in [-0.4, -0.2) is 41.7 Å². The predicted molar refractivity (Wildman–Crippen MR) is 81.9 cm³/mol. The summed E-state index contributed by atoms with van der Waals surface area (Å²) in [6.45, 7) is 7.43. The van der Waals surface area contributed by atoms with Crippen LogP contribution in [-0.2, 0) is 0 Å². The van der Waals surface area contributed by atoms with Gasteiger partial charge in [-0.1, -0.05) is 0 Å². The van der Waals surface area contributed by atoms with E-state index in [1.165, 1.54) is 12.8 Å². The van der Waals surface area contributed by atoms with Crippen molar-refractivity contribution in [2.75, 3.05) is 35.6 Å². The van der Waals surface area contributed by atoms with E-state index in [1.807, 2.05) is 6.07 Å². The molecule has 2 aliphatic heterocycles. The SMILES string of the molecule is CC(C)Nc1cc(N2CC[C@@H]3NCC[C@@H]3C2)nc(N)n1. The van der Waals surface area contributed by atoms with Crippen molar-refractivity contribution < 1.29 is 0 Å². The van der Waals surface area contributed by atoms with Crippen LogP contribution in [0.3, 0.4) is 0 Å². The Morgan fingerprint density at radius 3 is 3.05 bits per heavy atom. The summed E-state index contributed by atoms with van der Waals surface area (Å²) in [7, 11) is 0. The molecule has 20 heavy (non-hydrogen) atoms. The lowest BCUT2D eigenvalue weighted by molar-refractivity contribution is 0.375. The zero-order valence-electron chi connectivity index (χ0n) is 12.3. The minimum absolute atomic E-state index is 0.335. The van der Waals surface area contributed by atoms with E-state index in [0.717, 1.165) is 37.2 Å². The summed E-state index contributed by atoms with van der Waals surface area (Å²) < 4.78 is 0. The highest BCUT2D eigenvalue weighted by molar-refractivity contribution is 5.53. The molecule has 3 heterocycles. The van der Waals surface area contributed by atoms with Crippen LogP contribution in [0.15, 0.2) is 6.07 Å². The molecule has 2 atom stereocenters. The van der Waals surface area contributed by atoms with Gasteiger partial charge in [0.1, 0.15) is 11.6 Å². The molecule has 0 spiro atoms. The van der Waals surface area contributed by atoms with E-state index in [4.69, 9.17) is 5.73 Å². The second-order valence-electron chi connectivity index (χ2n) is 6.11. The lowest BCUT2D eigenvalue weighted by Crippen LogP contribution is -2.44. The van der Waals surface area contributed by atoms with E-state index in [2.05, 4.69) is 39.3 Å². The number of aromatic nitrogens is 2. The van der Waals surface area contributed by atoms with Gasteiger partial charge in [0.25, 0.3) is 0 Å². The summed E-state index contributed by atoms with van der Waals surface area (Å²) in [4.78, 5) is 11.0. The number of hydrogen-bond acceptors (Lipinski definition) is 6. The molecule has 4 N–H and O–H groups in total. The molecule has 0 radical (unpaired) electrons. The maximum atomic E-state index is 5.85. The Hall–Kier alpha value is -1.56. The highest BCUT2D eigenvalue weighted by atomic mass is 15.2. The van der Waals surface area contributed by atoms with Crippen molar-refractivity contribution in [3.05, 3.63) is 6.07 Å². The fraction of sp³-hybridized carbons (Fsp3) is 0.714. The first-order valence-corrected chi connectivity index (χ1v) is 7.51. The van der Waals surface area contributed by atoms with Crippen molar-refractivity contribution in [2.24, 2.45) is 5.92 Å². The molecule has 0 aromatic carbocycles. The number of fused-ring (bicyclic) bond motifs is 1. The first-order chi connectivity index (χ1) is 9.61. The Morgan fingerprint density at radius 1 is 1.40 bits per heavy atom. The van der Waals surface area contributed by atoms with Gasteiger partial charge in [-0.3, -0.25) is 0 Å². The van der Waals surface area contributed by atoms with Gasteiger partial charge in [-0.2, -0.15) is 9.97 Å². The Labute approximate surface area is 120 Å². The van der Waals surface area contributed by atoms with Crippen molar-refractivity contribution in [2.45, 2.75) is 38.8 Å². The lowest BCUT2D eigenvalue weighted by Gasteiger charge is -2.35. The Kier molecular flexibility index (Phi) is 3.65. The van der Waals surface area contributed by atoms with Gasteiger partial charge in [0.2, 0.25) is 5.95 Å². The fourth-order valence-corrected chi connectivity index (χ4v) is 3.24. The molecule has 2 aliphatic rings. The quantitative estimate of drug-likeness (QED) is 0.766. The molecule has 2 saturated heterocycles. The summed E-state index contributed by atoms with van der Waals surface area (Å²) in [6, 6.07) is 3.04. The molecule has 0 unspecified atom stereocenters. The highest BCUT2D eigenvalue weighted by Gasteiger charge is 2.33. The van der Waals surface area contributed by atoms with Crippen molar-refractivity contribution in [3.63, 3.8) is 0 Å². The Morgan fingerprint density at radius 2 is 2.25 bits per heavy atom. The molecular formula is C14H24N6. The number of nitrogens with zero attached hydrogens (tertiary/aromatic N) is 3. The zero-order valence-corrected chi connectivity index (χ0v) is 12.3. The maximum Gasteiger partial charge on any atom is 0.223 e. The number of nitrogens with one attached hydrogen (secondary N) is 2. The van der Waals surface area contributed by atoms with Gasteiger partial charge in [-0.05, 0) is 39.2 Å². The summed E-state index contributed by atoms with van der Waals surface area (Å²) in [5, 5.41) is 6.88. The smallest absolute Gasteiger partial charge is 0.223 e. The lowest BCUT2D eigenvalue weighted by atomic mass is 9.93. The van der Waals surface area contributed by atoms with Crippen LogP contribution in [0.2, 0.25) is 0 Å². The van der Waals surface area contributed by atoms with Crippen LogP contribution in [0.25, 0.3) is 0 Å². The summed E-state index contributed by atoms with van der Waals surface area (Å²) in [5.41, 5.74) is 5.85. The standard InChI is InChI=1S/C14H24N6/c1-9(2)17-12-7-13(19-14(15)18-12)20-6-4-11-10(8-20)3-5-16-11/h7,9-11,16H,3-6,8H2,1-2H3,(H3,15,17,18,19)/t10-,11+/m1/s1. The van der Waals surface area contributed by atoms with E-state index in [0.29, 0.717) is 18.0 Å². The number of nitrogens with two attached hydrogens (primary N) is 1. The summed E-state index contributed by atoms with van der Waals surface area (Å²) >= 11 is 0. The van der Waals surface area contributed by atoms with Crippen LogP contribution >= 0.6 is 0 Å². The van der Waals surface area contributed by atoms with Gasteiger partial charge in [0.05, 0.1) is 0 Å². The van der Waals surface area contributed by atoms with Gasteiger partial charge < -0.3 is 21.3 Å². The molecule has 0 amide bonds. The molecule has 1 aromatic rings. The highest BCUT2D eigenvalue weighted by Crippen LogP contribution is 2.28. The van der Waals surface area contributed by atoms with Crippen LogP contribution < -0.4 is 21.3 Å². The molecule has 0 bridgehead atoms. The molecule has 0 saturated carbocycles. The van der Waals surface area contributed by atoms with Crippen molar-refractivity contribution in [3.8, 4) is 0 Å². The van der Waals surface area contributed by atoms with Gasteiger partial charge in [-0.25, -0.2) is 0 Å². The topological polar surface area (TPSA) is 79.1 Å². The second kappa shape index (κ2) is 5.44. The predicted octanol–water partition coefficient (Wildman–Crippen LogP) is 1.07. The first-order valence-electron chi connectivity index (χ1n) is 7.51. The molecule has 6 heteroatoms. The van der Waals surface area contributed by atoms with Gasteiger partial charge in [-0.15, -0.1) is 0 Å². The first kappa shape index (κ1) is 13.4. The van der Waals surface area contributed by atoms with Crippen molar-refractivity contribution in [1.29, 1.82) is 0 Å². The average molecular weight is 276 g/mol. The third-order valence-corrected chi connectivity index (χ3v) is 4.15. The van der Waals surface area contributed by atoms with E-state index in [-0.39, 0.29) is 0 Å². The third kappa shape index (κ3) is 2.80. The fourth-order valence-electron chi connectivity index (χ4n) is 3.24. The van der Waals surface area contributed by atoms with E-state index < -0.39 is 0 Å². The minimum Gasteiger partial charge on any atom is -0.368 e. The molecule has 2 fully saturated rings. The Bertz CT molecular complexity index is 475. The zero-order chi connectivity index (χ0) is 14.1. The molecular weight excluding hydrogens is 252 g/mol. The summed E-state index contributed by atoms with van der Waals surface area (Å²) in [5.74, 6) is 2.85. The normalized spacial score (nSPS) is 25.9. The maximum absolute atomic E-state index is 5.85. The van der Waals surface area contributed by atoms with Crippen LogP contribution in [0.4, 0.5) is 17.6 Å². The average Bonchev–Trinajstić information content (AvgIpc) is 2.84. The summed E-state index contributed by atoms with van der Waals surface area (Å²) in [6.07, 6.45) is 2.44. The van der Waals surface area contributed by atoms with Crippen LogP contribution in [0.5, 0.6) is 0 Å². The molecule has 110 valence electrons. The Balaban J connectivity index is 1.77. The van der Waals surface area contributed by atoms with E-state index in [9.17, 15) is 0 Å². The van der Waals surface area contributed by atoms with Crippen LogP contribution in [0.1, 0.15) is 26.7 Å². The van der Waals surface area contributed by atoms with E-state index in [1.54, 1.807) is 0 Å². The molecule has 1 aromatic heterocycles. The van der Waals surface area contributed by atoms with Crippen molar-refractivity contribution in [1.82, 2.24) is 15.3 Å². The van der Waals surface area contributed by atoms with E-state index >= 15 is 0 Å². The van der Waals surface area contributed by atoms with Crippen molar-refractivity contribution >= 4 is 17.6 Å². The van der Waals surface area contributed by atoms with Crippen LogP contribution in [0, 0.1) is 5.92 Å². The number of rotatable bonds is 3. The van der Waals surface area contributed by atoms with Gasteiger partial charge in [0, 0.05) is 31.2 Å². The van der Waals surface area contributed by atoms with Gasteiger partial charge >= 0.3 is 0 Å².